The number of aliphatic carboxylic acids is 1. The van der Waals surface area contributed by atoms with Crippen LogP contribution in [0.5, 0.6) is 0 Å². The van der Waals surface area contributed by atoms with E-state index in [-0.39, 0.29) is 0 Å². The smallest absolute Gasteiger partial charge is 0.324 e. The molecular weight excluding hydrogens is 216 g/mol. The molecule has 0 bridgehead atoms. The first kappa shape index (κ1) is 13.6. The summed E-state index contributed by atoms with van der Waals surface area (Å²) in [5.74, 6) is -0.763. The van der Waals surface area contributed by atoms with Crippen LogP contribution in [0.15, 0.2) is 24.4 Å². The maximum absolute atomic E-state index is 11.5. The van der Waals surface area contributed by atoms with Crippen molar-refractivity contribution in [3.05, 3.63) is 30.1 Å². The highest BCUT2D eigenvalue weighted by Crippen LogP contribution is 2.24. The van der Waals surface area contributed by atoms with Crippen LogP contribution in [-0.2, 0) is 11.3 Å². The lowest BCUT2D eigenvalue weighted by Crippen LogP contribution is -2.51. The fraction of sp³-hybridized carbons (Fsp3) is 0.538. The summed E-state index contributed by atoms with van der Waals surface area (Å²) in [6.45, 7) is 4.37. The lowest BCUT2D eigenvalue weighted by atomic mass is 9.91. The first-order chi connectivity index (χ1) is 8.06. The second-order valence-electron chi connectivity index (χ2n) is 4.22. The van der Waals surface area contributed by atoms with Gasteiger partial charge in [-0.05, 0) is 32.0 Å². The topological polar surface area (TPSA) is 53.4 Å². The van der Waals surface area contributed by atoms with Crippen LogP contribution in [0, 0.1) is 0 Å². The molecule has 0 spiro atoms. The fourth-order valence-electron chi connectivity index (χ4n) is 2.14. The quantitative estimate of drug-likeness (QED) is 0.822. The zero-order chi connectivity index (χ0) is 12.9. The van der Waals surface area contributed by atoms with Crippen LogP contribution in [-0.4, -0.2) is 33.5 Å². The SMILES string of the molecule is CCC(CC)(C(=O)O)N(C)Cc1ccccn1. The monoisotopic (exact) mass is 236 g/mol. The van der Waals surface area contributed by atoms with Crippen molar-refractivity contribution in [2.45, 2.75) is 38.8 Å². The number of likely N-dealkylation sites (N-methyl/N-ethyl adjacent to an activating group) is 1. The van der Waals surface area contributed by atoms with Crippen molar-refractivity contribution >= 4 is 5.97 Å². The highest BCUT2D eigenvalue weighted by Gasteiger charge is 2.38. The summed E-state index contributed by atoms with van der Waals surface area (Å²) in [7, 11) is 1.84. The third-order valence-corrected chi connectivity index (χ3v) is 3.42. The van der Waals surface area contributed by atoms with E-state index in [1.807, 2.05) is 44.0 Å². The van der Waals surface area contributed by atoms with Crippen molar-refractivity contribution in [3.63, 3.8) is 0 Å². The van der Waals surface area contributed by atoms with Gasteiger partial charge in [-0.1, -0.05) is 19.9 Å². The average Bonchev–Trinajstić information content (AvgIpc) is 2.32. The maximum atomic E-state index is 11.5. The van der Waals surface area contributed by atoms with E-state index in [1.54, 1.807) is 6.20 Å². The molecule has 94 valence electrons. The Balaban J connectivity index is 2.86. The summed E-state index contributed by atoms with van der Waals surface area (Å²) in [5.41, 5.74) is 0.0971. The Morgan fingerprint density at radius 2 is 2.06 bits per heavy atom. The average molecular weight is 236 g/mol. The molecule has 0 amide bonds. The van der Waals surface area contributed by atoms with Crippen molar-refractivity contribution in [2.75, 3.05) is 7.05 Å². The van der Waals surface area contributed by atoms with Gasteiger partial charge in [-0.2, -0.15) is 0 Å². The van der Waals surface area contributed by atoms with Crippen molar-refractivity contribution in [1.82, 2.24) is 9.88 Å². The van der Waals surface area contributed by atoms with Gasteiger partial charge in [0, 0.05) is 12.7 Å². The second kappa shape index (κ2) is 5.77. The van der Waals surface area contributed by atoms with Crippen LogP contribution in [0.1, 0.15) is 32.4 Å². The minimum absolute atomic E-state index is 0.550. The number of rotatable bonds is 6. The number of hydrogen-bond donors (Lipinski definition) is 1. The zero-order valence-corrected chi connectivity index (χ0v) is 10.7. The Hall–Kier alpha value is -1.42. The van der Waals surface area contributed by atoms with Crippen molar-refractivity contribution < 1.29 is 9.90 Å². The van der Waals surface area contributed by atoms with E-state index in [2.05, 4.69) is 4.98 Å². The van der Waals surface area contributed by atoms with E-state index < -0.39 is 11.5 Å². The summed E-state index contributed by atoms with van der Waals surface area (Å²) < 4.78 is 0. The molecule has 0 aliphatic heterocycles. The summed E-state index contributed by atoms with van der Waals surface area (Å²) in [6.07, 6.45) is 2.90. The van der Waals surface area contributed by atoms with Crippen molar-refractivity contribution in [3.8, 4) is 0 Å². The number of aromatic nitrogens is 1. The summed E-state index contributed by atoms with van der Waals surface area (Å²) in [4.78, 5) is 17.6. The van der Waals surface area contributed by atoms with E-state index >= 15 is 0 Å². The molecular formula is C13H20N2O2. The van der Waals surface area contributed by atoms with Crippen molar-refractivity contribution in [1.29, 1.82) is 0 Å². The molecule has 0 aliphatic carbocycles. The predicted molar refractivity (Wildman–Crippen MR) is 66.7 cm³/mol. The van der Waals surface area contributed by atoms with E-state index in [0.717, 1.165) is 5.69 Å². The zero-order valence-electron chi connectivity index (χ0n) is 10.7. The predicted octanol–water partition coefficient (Wildman–Crippen LogP) is 2.16. The molecule has 0 saturated heterocycles. The molecule has 0 aromatic carbocycles. The lowest BCUT2D eigenvalue weighted by molar-refractivity contribution is -0.151. The minimum Gasteiger partial charge on any atom is -0.480 e. The summed E-state index contributed by atoms with van der Waals surface area (Å²) in [6, 6.07) is 5.68. The molecule has 0 atom stereocenters. The number of carboxylic acid groups (broad SMARTS) is 1. The van der Waals surface area contributed by atoms with Gasteiger partial charge in [-0.15, -0.1) is 0 Å². The third-order valence-electron chi connectivity index (χ3n) is 3.42. The van der Waals surface area contributed by atoms with Gasteiger partial charge in [0.2, 0.25) is 0 Å². The highest BCUT2D eigenvalue weighted by atomic mass is 16.4. The molecule has 4 nitrogen and oxygen atoms in total. The summed E-state index contributed by atoms with van der Waals surface area (Å²) in [5, 5.41) is 9.41. The van der Waals surface area contributed by atoms with Crippen LogP contribution in [0.3, 0.4) is 0 Å². The number of hydrogen-bond acceptors (Lipinski definition) is 3. The standard InChI is InChI=1S/C13H20N2O2/c1-4-13(5-2,12(16)17)15(3)10-11-8-6-7-9-14-11/h6-9H,4-5,10H2,1-3H3,(H,16,17). The van der Waals surface area contributed by atoms with Gasteiger partial charge in [0.05, 0.1) is 5.69 Å². The van der Waals surface area contributed by atoms with Gasteiger partial charge in [0.25, 0.3) is 0 Å². The van der Waals surface area contributed by atoms with Crippen LogP contribution < -0.4 is 0 Å². The molecule has 1 aromatic heterocycles. The molecule has 1 aromatic rings. The molecule has 1 heterocycles. The Bertz CT molecular complexity index is 361. The molecule has 4 heteroatoms. The van der Waals surface area contributed by atoms with Gasteiger partial charge in [0.15, 0.2) is 0 Å². The number of carbonyl (C=O) groups is 1. The highest BCUT2D eigenvalue weighted by molar-refractivity contribution is 5.78. The van der Waals surface area contributed by atoms with Gasteiger partial charge in [0.1, 0.15) is 5.54 Å². The third kappa shape index (κ3) is 2.82. The molecule has 17 heavy (non-hydrogen) atoms. The molecule has 1 rings (SSSR count). The largest absolute Gasteiger partial charge is 0.480 e. The van der Waals surface area contributed by atoms with Gasteiger partial charge >= 0.3 is 5.97 Å². The Labute approximate surface area is 102 Å². The van der Waals surface area contributed by atoms with Gasteiger partial charge in [-0.25, -0.2) is 0 Å². The van der Waals surface area contributed by atoms with E-state index in [4.69, 9.17) is 0 Å². The van der Waals surface area contributed by atoms with Crippen molar-refractivity contribution in [2.24, 2.45) is 0 Å². The molecule has 0 aliphatic rings. The normalized spacial score (nSPS) is 11.8. The Morgan fingerprint density at radius 3 is 2.47 bits per heavy atom. The summed E-state index contributed by atoms with van der Waals surface area (Å²) >= 11 is 0. The molecule has 0 radical (unpaired) electrons. The number of nitrogens with zero attached hydrogens (tertiary/aromatic N) is 2. The Kier molecular flexibility index (Phi) is 4.63. The molecule has 0 saturated carbocycles. The van der Waals surface area contributed by atoms with Crippen LogP contribution in [0.2, 0.25) is 0 Å². The number of carboxylic acids is 1. The van der Waals surface area contributed by atoms with Crippen LogP contribution in [0.4, 0.5) is 0 Å². The van der Waals surface area contributed by atoms with Crippen LogP contribution >= 0.6 is 0 Å². The van der Waals surface area contributed by atoms with E-state index in [0.29, 0.717) is 19.4 Å². The molecule has 0 unspecified atom stereocenters. The Morgan fingerprint density at radius 1 is 1.41 bits per heavy atom. The lowest BCUT2D eigenvalue weighted by Gasteiger charge is -2.36. The number of pyridine rings is 1. The minimum atomic E-state index is -0.794. The van der Waals surface area contributed by atoms with E-state index in [1.165, 1.54) is 0 Å². The van der Waals surface area contributed by atoms with Crippen LogP contribution in [0.25, 0.3) is 0 Å². The van der Waals surface area contributed by atoms with Gasteiger partial charge in [-0.3, -0.25) is 14.7 Å². The first-order valence-corrected chi connectivity index (χ1v) is 5.91. The molecule has 1 N–H and O–H groups in total. The maximum Gasteiger partial charge on any atom is 0.324 e. The fourth-order valence-corrected chi connectivity index (χ4v) is 2.14. The van der Waals surface area contributed by atoms with Gasteiger partial charge < -0.3 is 5.11 Å². The first-order valence-electron chi connectivity index (χ1n) is 5.91. The molecule has 0 fully saturated rings. The second-order valence-corrected chi connectivity index (χ2v) is 4.22. The van der Waals surface area contributed by atoms with E-state index in [9.17, 15) is 9.90 Å².